The van der Waals surface area contributed by atoms with E-state index in [1.165, 1.54) is 0 Å². The highest BCUT2D eigenvalue weighted by molar-refractivity contribution is 5.90. The molecule has 0 atom stereocenters. The van der Waals surface area contributed by atoms with Gasteiger partial charge in [-0.15, -0.1) is 0 Å². The molecule has 0 aliphatic carbocycles. The lowest BCUT2D eigenvalue weighted by molar-refractivity contribution is -0.174. The molecule has 0 aliphatic rings. The molecule has 1 amide bonds. The van der Waals surface area contributed by atoms with E-state index in [1.807, 2.05) is 6.07 Å². The summed E-state index contributed by atoms with van der Waals surface area (Å²) in [5.41, 5.74) is 1.39. The number of rotatable bonds is 9. The summed E-state index contributed by atoms with van der Waals surface area (Å²) >= 11 is 0. The summed E-state index contributed by atoms with van der Waals surface area (Å²) in [5, 5.41) is 2.61. The number of amides is 1. The first kappa shape index (κ1) is 19.0. The monoisotopic (exact) mass is 357 g/mol. The van der Waals surface area contributed by atoms with Gasteiger partial charge in [0, 0.05) is 5.69 Å². The molecule has 8 heteroatoms. The number of anilines is 1. The highest BCUT2D eigenvalue weighted by atomic mass is 19.4. The molecule has 5 nitrogen and oxygen atoms in total. The Labute approximate surface area is 142 Å². The maximum atomic E-state index is 11.9. The van der Waals surface area contributed by atoms with Crippen molar-refractivity contribution < 1.29 is 31.9 Å². The second-order valence-electron chi connectivity index (χ2n) is 5.24. The molecule has 2 aromatic rings. The van der Waals surface area contributed by atoms with Crippen molar-refractivity contribution in [3.8, 4) is 0 Å². The Kier molecular flexibility index (Phi) is 7.03. The molecule has 1 aromatic carbocycles. The van der Waals surface area contributed by atoms with Gasteiger partial charge in [0.25, 0.3) is 0 Å². The summed E-state index contributed by atoms with van der Waals surface area (Å²) in [6.45, 7) is -0.987. The maximum Gasteiger partial charge on any atom is 0.411 e. The second-order valence-corrected chi connectivity index (χ2v) is 5.24. The number of hydrogen-bond donors (Lipinski definition) is 1. The standard InChI is InChI=1S/C17H18F3NO4/c18-17(19,20)12-23-8-6-16(22)21-14-4-1-3-13(9-14)10-24-11-15-5-2-7-25-15/h1-5,7,9H,6,8,10-12H2,(H,21,22). The average Bonchev–Trinajstić information content (AvgIpc) is 3.04. The lowest BCUT2D eigenvalue weighted by Gasteiger charge is -2.09. The Balaban J connectivity index is 1.71. The normalized spacial score (nSPS) is 11.5. The number of ether oxygens (including phenoxy) is 2. The molecule has 0 saturated carbocycles. The van der Waals surface area contributed by atoms with Crippen LogP contribution in [0.5, 0.6) is 0 Å². The van der Waals surface area contributed by atoms with Gasteiger partial charge in [0.2, 0.25) is 5.91 Å². The van der Waals surface area contributed by atoms with Crippen molar-refractivity contribution in [3.05, 3.63) is 54.0 Å². The number of benzene rings is 1. The van der Waals surface area contributed by atoms with E-state index in [-0.39, 0.29) is 13.0 Å². The van der Waals surface area contributed by atoms with E-state index in [0.717, 1.165) is 5.56 Å². The van der Waals surface area contributed by atoms with E-state index in [1.54, 1.807) is 36.6 Å². The number of nitrogens with one attached hydrogen (secondary N) is 1. The predicted molar refractivity (Wildman–Crippen MR) is 83.8 cm³/mol. The van der Waals surface area contributed by atoms with Crippen molar-refractivity contribution in [3.63, 3.8) is 0 Å². The van der Waals surface area contributed by atoms with Crippen LogP contribution in [0.25, 0.3) is 0 Å². The molecule has 2 rings (SSSR count). The predicted octanol–water partition coefficient (Wildman–Crippen LogP) is 3.90. The number of carbonyl (C=O) groups is 1. The summed E-state index contributed by atoms with van der Waals surface area (Å²) in [4.78, 5) is 11.7. The fourth-order valence-corrected chi connectivity index (χ4v) is 1.98. The highest BCUT2D eigenvalue weighted by Crippen LogP contribution is 2.15. The Hall–Kier alpha value is -2.32. The molecule has 0 fully saturated rings. The van der Waals surface area contributed by atoms with Crippen molar-refractivity contribution in [2.45, 2.75) is 25.8 Å². The van der Waals surface area contributed by atoms with Gasteiger partial charge in [0.05, 0.1) is 25.9 Å². The van der Waals surface area contributed by atoms with Crippen LogP contribution in [0.4, 0.5) is 18.9 Å². The molecule has 25 heavy (non-hydrogen) atoms. The van der Waals surface area contributed by atoms with Gasteiger partial charge in [-0.1, -0.05) is 12.1 Å². The first-order valence-electron chi connectivity index (χ1n) is 7.56. The summed E-state index contributed by atoms with van der Waals surface area (Å²) in [6.07, 6.45) is -2.98. The largest absolute Gasteiger partial charge is 0.467 e. The second kappa shape index (κ2) is 9.24. The van der Waals surface area contributed by atoms with Crippen molar-refractivity contribution in [1.29, 1.82) is 0 Å². The van der Waals surface area contributed by atoms with Crippen molar-refractivity contribution in [2.75, 3.05) is 18.5 Å². The van der Waals surface area contributed by atoms with Crippen LogP contribution in [-0.2, 0) is 27.5 Å². The third-order valence-electron chi connectivity index (χ3n) is 3.04. The number of halogens is 3. The molecule has 1 N–H and O–H groups in total. The van der Waals surface area contributed by atoms with Crippen LogP contribution >= 0.6 is 0 Å². The minimum Gasteiger partial charge on any atom is -0.467 e. The highest BCUT2D eigenvalue weighted by Gasteiger charge is 2.27. The van der Waals surface area contributed by atoms with Crippen molar-refractivity contribution >= 4 is 11.6 Å². The summed E-state index contributed by atoms with van der Waals surface area (Å²) < 4.78 is 50.8. The Morgan fingerprint density at radius 3 is 2.68 bits per heavy atom. The van der Waals surface area contributed by atoms with Gasteiger partial charge in [-0.05, 0) is 29.8 Å². The van der Waals surface area contributed by atoms with E-state index in [4.69, 9.17) is 9.15 Å². The lowest BCUT2D eigenvalue weighted by atomic mass is 10.2. The van der Waals surface area contributed by atoms with Crippen LogP contribution in [0.3, 0.4) is 0 Å². The number of furan rings is 1. The maximum absolute atomic E-state index is 11.9. The minimum atomic E-state index is -4.39. The first-order valence-corrected chi connectivity index (χ1v) is 7.56. The molecule has 1 aromatic heterocycles. The van der Waals surface area contributed by atoms with E-state index in [0.29, 0.717) is 24.7 Å². The van der Waals surface area contributed by atoms with E-state index in [9.17, 15) is 18.0 Å². The van der Waals surface area contributed by atoms with Crippen molar-refractivity contribution in [1.82, 2.24) is 0 Å². The van der Waals surface area contributed by atoms with Gasteiger partial charge >= 0.3 is 6.18 Å². The van der Waals surface area contributed by atoms with Gasteiger partial charge in [-0.3, -0.25) is 4.79 Å². The number of alkyl halides is 3. The molecule has 136 valence electrons. The van der Waals surface area contributed by atoms with Gasteiger partial charge in [0.15, 0.2) is 0 Å². The smallest absolute Gasteiger partial charge is 0.411 e. The molecular formula is C17H18F3NO4. The van der Waals surface area contributed by atoms with Gasteiger partial charge in [-0.25, -0.2) is 0 Å². The van der Waals surface area contributed by atoms with Gasteiger partial charge in [0.1, 0.15) is 19.0 Å². The summed E-state index contributed by atoms with van der Waals surface area (Å²) in [7, 11) is 0. The van der Waals surface area contributed by atoms with E-state index in [2.05, 4.69) is 10.1 Å². The Morgan fingerprint density at radius 1 is 1.12 bits per heavy atom. The zero-order valence-electron chi connectivity index (χ0n) is 13.3. The fraction of sp³-hybridized carbons (Fsp3) is 0.353. The third-order valence-corrected chi connectivity index (χ3v) is 3.04. The van der Waals surface area contributed by atoms with Crippen LogP contribution in [0.2, 0.25) is 0 Å². The van der Waals surface area contributed by atoms with Crippen LogP contribution in [-0.4, -0.2) is 25.3 Å². The molecule has 1 heterocycles. The van der Waals surface area contributed by atoms with E-state index >= 15 is 0 Å². The van der Waals surface area contributed by atoms with Crippen LogP contribution in [0.15, 0.2) is 47.1 Å². The van der Waals surface area contributed by atoms with Gasteiger partial charge in [-0.2, -0.15) is 13.2 Å². The van der Waals surface area contributed by atoms with Crippen LogP contribution in [0, 0.1) is 0 Å². The molecule has 0 saturated heterocycles. The Bertz CT molecular complexity index is 656. The van der Waals surface area contributed by atoms with Crippen LogP contribution < -0.4 is 5.32 Å². The molecule has 0 radical (unpaired) electrons. The average molecular weight is 357 g/mol. The quantitative estimate of drug-likeness (QED) is 0.692. The lowest BCUT2D eigenvalue weighted by Crippen LogP contribution is -2.20. The molecule has 0 aliphatic heterocycles. The number of hydrogen-bond acceptors (Lipinski definition) is 4. The molecule has 0 unspecified atom stereocenters. The van der Waals surface area contributed by atoms with E-state index < -0.39 is 18.7 Å². The third kappa shape index (κ3) is 7.86. The minimum absolute atomic E-state index is 0.157. The fourth-order valence-electron chi connectivity index (χ4n) is 1.98. The van der Waals surface area contributed by atoms with Gasteiger partial charge < -0.3 is 19.2 Å². The summed E-state index contributed by atoms with van der Waals surface area (Å²) in [5.74, 6) is 0.291. The number of carbonyl (C=O) groups excluding carboxylic acids is 1. The van der Waals surface area contributed by atoms with Crippen molar-refractivity contribution in [2.24, 2.45) is 0 Å². The molecule has 0 bridgehead atoms. The molecular weight excluding hydrogens is 339 g/mol. The zero-order chi connectivity index (χ0) is 18.1. The Morgan fingerprint density at radius 2 is 1.96 bits per heavy atom. The first-order chi connectivity index (χ1) is 11.9. The van der Waals surface area contributed by atoms with Crippen LogP contribution in [0.1, 0.15) is 17.7 Å². The SMILES string of the molecule is O=C(CCOCC(F)(F)F)Nc1cccc(COCc2ccco2)c1. The topological polar surface area (TPSA) is 60.7 Å². The summed E-state index contributed by atoms with van der Waals surface area (Å²) in [6, 6.07) is 10.6. The zero-order valence-corrected chi connectivity index (χ0v) is 13.3. The molecule has 0 spiro atoms.